The standard InChI is InChI=1S/C26H22FN3O3S/c27-20-12-16(13-30(33)14-17(15-30)25(31)32)6-7-19(20)23-28-21-8-9-22(29-24(21)34-23)26(10-11-26)18-4-2-1-3-5-18/h1-9,12,17,33H,10-11,13-15H2/p+1. The molecule has 4 aromatic rings. The maximum Gasteiger partial charge on any atom is 0.318 e. The van der Waals surface area contributed by atoms with Gasteiger partial charge < -0.3 is 5.11 Å². The van der Waals surface area contributed by atoms with Crippen molar-refractivity contribution in [1.29, 1.82) is 0 Å². The lowest BCUT2D eigenvalue weighted by atomic mass is 9.92. The van der Waals surface area contributed by atoms with Crippen molar-refractivity contribution in [2.75, 3.05) is 13.1 Å². The van der Waals surface area contributed by atoms with Crippen LogP contribution in [-0.2, 0) is 16.8 Å². The van der Waals surface area contributed by atoms with E-state index in [9.17, 15) is 10.0 Å². The van der Waals surface area contributed by atoms with Crippen molar-refractivity contribution in [2.24, 2.45) is 5.92 Å². The van der Waals surface area contributed by atoms with Gasteiger partial charge in [-0.2, -0.15) is 4.65 Å². The number of halogens is 1. The van der Waals surface area contributed by atoms with Gasteiger partial charge in [0.25, 0.3) is 0 Å². The van der Waals surface area contributed by atoms with Crippen LogP contribution in [0.1, 0.15) is 29.7 Å². The average Bonchev–Trinajstić information content (AvgIpc) is 3.51. The molecule has 34 heavy (non-hydrogen) atoms. The van der Waals surface area contributed by atoms with Crippen molar-refractivity contribution in [3.63, 3.8) is 0 Å². The molecule has 3 heterocycles. The van der Waals surface area contributed by atoms with Crippen LogP contribution in [0.15, 0.2) is 60.7 Å². The summed E-state index contributed by atoms with van der Waals surface area (Å²) in [6.07, 6.45) is 2.13. The second kappa shape index (κ2) is 7.66. The molecule has 2 fully saturated rings. The van der Waals surface area contributed by atoms with E-state index in [2.05, 4.69) is 29.2 Å². The van der Waals surface area contributed by atoms with Gasteiger partial charge in [0.15, 0.2) is 5.92 Å². The summed E-state index contributed by atoms with van der Waals surface area (Å²) < 4.78 is 14.6. The molecule has 0 radical (unpaired) electrons. The van der Waals surface area contributed by atoms with Crippen LogP contribution in [0.4, 0.5) is 4.39 Å². The van der Waals surface area contributed by atoms with Crippen molar-refractivity contribution in [3.8, 4) is 10.6 Å². The largest absolute Gasteiger partial charge is 0.481 e. The molecule has 0 spiro atoms. The number of benzene rings is 2. The number of quaternary nitrogens is 1. The number of hydrogen-bond acceptors (Lipinski definition) is 5. The first-order chi connectivity index (χ1) is 16.4. The first-order valence-corrected chi connectivity index (χ1v) is 12.1. The average molecular weight is 477 g/mol. The number of nitrogens with zero attached hydrogens (tertiary/aromatic N) is 3. The minimum atomic E-state index is -0.909. The molecule has 6 nitrogen and oxygen atoms in total. The van der Waals surface area contributed by atoms with Crippen molar-refractivity contribution in [1.82, 2.24) is 9.97 Å². The van der Waals surface area contributed by atoms with Crippen LogP contribution in [0.3, 0.4) is 0 Å². The predicted molar refractivity (Wildman–Crippen MR) is 126 cm³/mol. The van der Waals surface area contributed by atoms with Crippen LogP contribution in [0.5, 0.6) is 0 Å². The summed E-state index contributed by atoms with van der Waals surface area (Å²) in [5.74, 6) is -1.87. The highest BCUT2D eigenvalue weighted by molar-refractivity contribution is 7.21. The number of hydroxylamine groups is 3. The Balaban J connectivity index is 1.26. The Morgan fingerprint density at radius 2 is 1.85 bits per heavy atom. The maximum atomic E-state index is 15.0. The number of thiazole rings is 1. The molecule has 0 bridgehead atoms. The highest BCUT2D eigenvalue weighted by Crippen LogP contribution is 2.53. The van der Waals surface area contributed by atoms with Crippen molar-refractivity contribution >= 4 is 27.7 Å². The molecule has 2 aromatic carbocycles. The zero-order valence-electron chi connectivity index (χ0n) is 18.3. The fourth-order valence-corrected chi connectivity index (χ4v) is 5.96. The quantitative estimate of drug-likeness (QED) is 0.383. The summed E-state index contributed by atoms with van der Waals surface area (Å²) in [4.78, 5) is 21.3. The first kappa shape index (κ1) is 21.3. The van der Waals surface area contributed by atoms with Crippen molar-refractivity contribution < 1.29 is 24.1 Å². The predicted octanol–water partition coefficient (Wildman–Crippen LogP) is 5.00. The maximum absolute atomic E-state index is 15.0. The molecule has 1 saturated carbocycles. The number of carboxylic acid groups (broad SMARTS) is 1. The SMILES string of the molecule is O=C(O)C1C[N+](O)(Cc2ccc(-c3nc4ccc(C5(c6ccccc6)CC5)nc4s3)c(F)c2)C1. The Kier molecular flexibility index (Phi) is 4.81. The third kappa shape index (κ3) is 3.58. The molecule has 2 aromatic heterocycles. The number of carbonyl (C=O) groups is 1. The van der Waals surface area contributed by atoms with E-state index in [0.717, 1.165) is 28.9 Å². The number of carboxylic acids is 1. The van der Waals surface area contributed by atoms with Crippen molar-refractivity contribution in [3.05, 3.63) is 83.3 Å². The molecule has 0 atom stereocenters. The summed E-state index contributed by atoms with van der Waals surface area (Å²) in [6.45, 7) is 0.442. The van der Waals surface area contributed by atoms with Gasteiger partial charge in [0.05, 0.1) is 5.69 Å². The van der Waals surface area contributed by atoms with Crippen LogP contribution < -0.4 is 0 Å². The first-order valence-electron chi connectivity index (χ1n) is 11.3. The summed E-state index contributed by atoms with van der Waals surface area (Å²) >= 11 is 1.38. The second-order valence-corrected chi connectivity index (χ2v) is 10.4. The molecule has 1 aliphatic heterocycles. The molecule has 1 saturated heterocycles. The number of aliphatic carboxylic acids is 1. The molecule has 6 rings (SSSR count). The fourth-order valence-electron chi connectivity index (χ4n) is 5.00. The number of likely N-dealkylation sites (tertiary alicyclic amines) is 1. The van der Waals surface area contributed by atoms with E-state index in [0.29, 0.717) is 16.1 Å². The van der Waals surface area contributed by atoms with Crippen molar-refractivity contribution in [2.45, 2.75) is 24.8 Å². The zero-order chi connectivity index (χ0) is 23.5. The lowest BCUT2D eigenvalue weighted by Gasteiger charge is -2.41. The van der Waals surface area contributed by atoms with Crippen LogP contribution in [-0.4, -0.2) is 44.0 Å². The van der Waals surface area contributed by atoms with Crippen LogP contribution in [0.2, 0.25) is 0 Å². The highest BCUT2D eigenvalue weighted by Gasteiger charge is 2.48. The summed E-state index contributed by atoms with van der Waals surface area (Å²) in [5.41, 5.74) is 4.03. The monoisotopic (exact) mass is 476 g/mol. The molecule has 172 valence electrons. The molecule has 2 N–H and O–H groups in total. The van der Waals surface area contributed by atoms with Crippen LogP contribution in [0, 0.1) is 11.7 Å². The molecule has 2 aliphatic rings. The summed E-state index contributed by atoms with van der Waals surface area (Å²) in [6, 6.07) is 19.3. The summed E-state index contributed by atoms with van der Waals surface area (Å²) in [7, 11) is 0. The normalized spacial score (nSPS) is 22.9. The second-order valence-electron chi connectivity index (χ2n) is 9.46. The number of hydrogen-bond donors (Lipinski definition) is 2. The Morgan fingerprint density at radius 3 is 2.53 bits per heavy atom. The number of fused-ring (bicyclic) bond motifs is 1. The highest BCUT2D eigenvalue weighted by atomic mass is 32.1. The Bertz CT molecular complexity index is 1410. The molecule has 8 heteroatoms. The van der Waals surface area contributed by atoms with Gasteiger partial charge in [-0.05, 0) is 42.7 Å². The van der Waals surface area contributed by atoms with E-state index < -0.39 is 17.7 Å². The van der Waals surface area contributed by atoms with Gasteiger partial charge in [-0.15, -0.1) is 0 Å². The lowest BCUT2D eigenvalue weighted by Crippen LogP contribution is -2.62. The summed E-state index contributed by atoms with van der Waals surface area (Å²) in [5, 5.41) is 20.1. The molecule has 0 unspecified atom stereocenters. The molecule has 0 amide bonds. The fraction of sp³-hybridized carbons (Fsp3) is 0.269. The Hall–Kier alpha value is -3.20. The number of pyridine rings is 1. The van der Waals surface area contributed by atoms with Gasteiger partial charge in [-0.1, -0.05) is 47.7 Å². The van der Waals surface area contributed by atoms with E-state index >= 15 is 4.39 Å². The Morgan fingerprint density at radius 1 is 1.09 bits per heavy atom. The van der Waals surface area contributed by atoms with Gasteiger partial charge in [-0.25, -0.2) is 19.6 Å². The smallest absolute Gasteiger partial charge is 0.318 e. The van der Waals surface area contributed by atoms with E-state index in [4.69, 9.17) is 10.1 Å². The van der Waals surface area contributed by atoms with Gasteiger partial charge in [0, 0.05) is 16.5 Å². The van der Waals surface area contributed by atoms with E-state index in [-0.39, 0.29) is 29.7 Å². The van der Waals surface area contributed by atoms with Gasteiger partial charge >= 0.3 is 5.97 Å². The minimum absolute atomic E-state index is 0.0355. The van der Waals surface area contributed by atoms with E-state index in [1.807, 2.05) is 18.2 Å². The lowest BCUT2D eigenvalue weighted by molar-refractivity contribution is -1.14. The number of rotatable bonds is 6. The van der Waals surface area contributed by atoms with Gasteiger partial charge in [-0.3, -0.25) is 4.79 Å². The third-order valence-electron chi connectivity index (χ3n) is 7.03. The van der Waals surface area contributed by atoms with E-state index in [1.165, 1.54) is 23.0 Å². The number of aromatic nitrogens is 2. The van der Waals surface area contributed by atoms with Gasteiger partial charge in [0.1, 0.15) is 40.8 Å². The van der Waals surface area contributed by atoms with Crippen LogP contribution >= 0.6 is 11.3 Å². The Labute approximate surface area is 199 Å². The zero-order valence-corrected chi connectivity index (χ0v) is 19.1. The minimum Gasteiger partial charge on any atom is -0.481 e. The third-order valence-corrected chi connectivity index (χ3v) is 8.03. The van der Waals surface area contributed by atoms with E-state index in [1.54, 1.807) is 12.1 Å². The molecular weight excluding hydrogens is 453 g/mol. The van der Waals surface area contributed by atoms with Gasteiger partial charge in [0.2, 0.25) is 0 Å². The topological polar surface area (TPSA) is 83.3 Å². The molecular formula is C26H23FN3O3S+. The molecule has 1 aliphatic carbocycles. The van der Waals surface area contributed by atoms with Crippen LogP contribution in [0.25, 0.3) is 20.9 Å².